The Kier molecular flexibility index (Phi) is 5.43. The number of nitrogens with two attached hydrogens (primary N) is 1. The fraction of sp³-hybridized carbons (Fsp3) is 0.455. The highest BCUT2D eigenvalue weighted by Crippen LogP contribution is 2.21. The number of halogens is 4. The number of hydrogen-bond donors (Lipinski definition) is 2. The standard InChI is InChI=1S/C11H14BrF3N2O/c12-9-3-8(4-10(16)5-9)6-17(1-2-18)7-11(13,14)15/h3-5,18H,1-2,6-7,16H2. The molecule has 0 heterocycles. The summed E-state index contributed by atoms with van der Waals surface area (Å²) in [5.41, 5.74) is 6.76. The molecule has 3 nitrogen and oxygen atoms in total. The molecular weight excluding hydrogens is 313 g/mol. The minimum absolute atomic E-state index is 0.0358. The molecule has 0 amide bonds. The van der Waals surface area contributed by atoms with E-state index in [4.69, 9.17) is 10.8 Å². The van der Waals surface area contributed by atoms with Crippen LogP contribution >= 0.6 is 15.9 Å². The monoisotopic (exact) mass is 326 g/mol. The summed E-state index contributed by atoms with van der Waals surface area (Å²) in [5.74, 6) is 0. The van der Waals surface area contributed by atoms with Crippen LogP contribution in [0.25, 0.3) is 0 Å². The summed E-state index contributed by atoms with van der Waals surface area (Å²) in [5, 5.41) is 8.78. The van der Waals surface area contributed by atoms with Crippen LogP contribution in [0, 0.1) is 0 Å². The summed E-state index contributed by atoms with van der Waals surface area (Å²) >= 11 is 3.23. The van der Waals surface area contributed by atoms with Crippen molar-refractivity contribution in [2.24, 2.45) is 0 Å². The van der Waals surface area contributed by atoms with E-state index in [1.807, 2.05) is 0 Å². The van der Waals surface area contributed by atoms with Gasteiger partial charge in [0.05, 0.1) is 13.2 Å². The van der Waals surface area contributed by atoms with Crippen molar-refractivity contribution in [3.8, 4) is 0 Å². The summed E-state index contributed by atoms with van der Waals surface area (Å²) in [6.07, 6.45) is -4.28. The molecule has 0 fully saturated rings. The summed E-state index contributed by atoms with van der Waals surface area (Å²) in [7, 11) is 0. The van der Waals surface area contributed by atoms with Crippen LogP contribution in [0.1, 0.15) is 5.56 Å². The maximum absolute atomic E-state index is 12.3. The first-order valence-corrected chi connectivity index (χ1v) is 6.04. The zero-order valence-electron chi connectivity index (χ0n) is 9.54. The van der Waals surface area contributed by atoms with E-state index in [-0.39, 0.29) is 19.7 Å². The fourth-order valence-corrected chi connectivity index (χ4v) is 2.19. The van der Waals surface area contributed by atoms with E-state index in [9.17, 15) is 13.2 Å². The topological polar surface area (TPSA) is 49.5 Å². The fourth-order valence-electron chi connectivity index (χ4n) is 1.63. The third-order valence-corrected chi connectivity index (χ3v) is 2.66. The third-order valence-electron chi connectivity index (χ3n) is 2.21. The van der Waals surface area contributed by atoms with Gasteiger partial charge in [-0.3, -0.25) is 4.90 Å². The Morgan fingerprint density at radius 2 is 1.94 bits per heavy atom. The molecule has 102 valence electrons. The van der Waals surface area contributed by atoms with Gasteiger partial charge in [0, 0.05) is 23.2 Å². The highest BCUT2D eigenvalue weighted by atomic mass is 79.9. The van der Waals surface area contributed by atoms with Crippen LogP contribution in [-0.2, 0) is 6.54 Å². The molecule has 0 aliphatic heterocycles. The van der Waals surface area contributed by atoms with E-state index in [1.54, 1.807) is 18.2 Å². The minimum atomic E-state index is -4.28. The maximum Gasteiger partial charge on any atom is 0.401 e. The summed E-state index contributed by atoms with van der Waals surface area (Å²) in [6, 6.07) is 4.99. The van der Waals surface area contributed by atoms with Crippen LogP contribution in [0.5, 0.6) is 0 Å². The van der Waals surface area contributed by atoms with Crippen molar-refractivity contribution in [3.05, 3.63) is 28.2 Å². The van der Waals surface area contributed by atoms with E-state index >= 15 is 0 Å². The largest absolute Gasteiger partial charge is 0.401 e. The van der Waals surface area contributed by atoms with Gasteiger partial charge in [0.1, 0.15) is 0 Å². The predicted octanol–water partition coefficient (Wildman–Crippen LogP) is 2.39. The molecule has 0 atom stereocenters. The normalized spacial score (nSPS) is 12.1. The third kappa shape index (κ3) is 5.70. The van der Waals surface area contributed by atoms with E-state index in [1.165, 1.54) is 0 Å². The number of alkyl halides is 3. The lowest BCUT2D eigenvalue weighted by Crippen LogP contribution is -2.35. The summed E-state index contributed by atoms with van der Waals surface area (Å²) in [6.45, 7) is -1.32. The van der Waals surface area contributed by atoms with Gasteiger partial charge in [-0.25, -0.2) is 0 Å². The number of hydrogen-bond acceptors (Lipinski definition) is 3. The molecule has 0 saturated heterocycles. The van der Waals surface area contributed by atoms with Crippen molar-refractivity contribution in [2.75, 3.05) is 25.4 Å². The lowest BCUT2D eigenvalue weighted by Gasteiger charge is -2.23. The van der Waals surface area contributed by atoms with Crippen LogP contribution < -0.4 is 5.73 Å². The van der Waals surface area contributed by atoms with Crippen LogP contribution in [0.4, 0.5) is 18.9 Å². The number of aliphatic hydroxyl groups excluding tert-OH is 1. The zero-order valence-corrected chi connectivity index (χ0v) is 11.1. The Labute approximate surface area is 112 Å². The summed E-state index contributed by atoms with van der Waals surface area (Å²) < 4.78 is 37.7. The highest BCUT2D eigenvalue weighted by molar-refractivity contribution is 9.10. The van der Waals surface area contributed by atoms with Crippen molar-refractivity contribution < 1.29 is 18.3 Å². The molecule has 0 saturated carbocycles. The van der Waals surface area contributed by atoms with Crippen molar-refractivity contribution in [1.29, 1.82) is 0 Å². The molecule has 1 aromatic rings. The molecule has 3 N–H and O–H groups in total. The number of anilines is 1. The predicted molar refractivity (Wildman–Crippen MR) is 67.0 cm³/mol. The Morgan fingerprint density at radius 1 is 1.28 bits per heavy atom. The van der Waals surface area contributed by atoms with Gasteiger partial charge in [0.15, 0.2) is 0 Å². The first kappa shape index (κ1) is 15.3. The van der Waals surface area contributed by atoms with Crippen LogP contribution in [0.3, 0.4) is 0 Å². The van der Waals surface area contributed by atoms with Crippen LogP contribution in [0.15, 0.2) is 22.7 Å². The number of rotatable bonds is 5. The van der Waals surface area contributed by atoms with Gasteiger partial charge in [-0.15, -0.1) is 0 Å². The Hall–Kier alpha value is -0.790. The second-order valence-corrected chi connectivity index (χ2v) is 4.86. The SMILES string of the molecule is Nc1cc(Br)cc(CN(CCO)CC(F)(F)F)c1. The second kappa shape index (κ2) is 6.40. The van der Waals surface area contributed by atoms with Gasteiger partial charge < -0.3 is 10.8 Å². The van der Waals surface area contributed by atoms with E-state index in [2.05, 4.69) is 15.9 Å². The molecule has 1 rings (SSSR count). The number of nitrogen functional groups attached to an aromatic ring is 1. The van der Waals surface area contributed by atoms with Crippen molar-refractivity contribution >= 4 is 21.6 Å². The molecule has 7 heteroatoms. The smallest absolute Gasteiger partial charge is 0.399 e. The zero-order chi connectivity index (χ0) is 13.8. The average molecular weight is 327 g/mol. The molecular formula is C11H14BrF3N2O. The molecule has 0 radical (unpaired) electrons. The van der Waals surface area contributed by atoms with Crippen LogP contribution in [0.2, 0.25) is 0 Å². The Morgan fingerprint density at radius 3 is 2.44 bits per heavy atom. The van der Waals surface area contributed by atoms with E-state index in [0.29, 0.717) is 15.7 Å². The quantitative estimate of drug-likeness (QED) is 0.817. The molecule has 0 unspecified atom stereocenters. The van der Waals surface area contributed by atoms with Crippen molar-refractivity contribution in [1.82, 2.24) is 4.90 Å². The van der Waals surface area contributed by atoms with E-state index < -0.39 is 12.7 Å². The first-order valence-electron chi connectivity index (χ1n) is 5.25. The van der Waals surface area contributed by atoms with Gasteiger partial charge in [-0.1, -0.05) is 15.9 Å². The van der Waals surface area contributed by atoms with Gasteiger partial charge >= 0.3 is 6.18 Å². The van der Waals surface area contributed by atoms with Gasteiger partial charge in [-0.2, -0.15) is 13.2 Å². The molecule has 0 spiro atoms. The molecule has 0 aliphatic carbocycles. The van der Waals surface area contributed by atoms with Crippen molar-refractivity contribution in [3.63, 3.8) is 0 Å². The Bertz CT molecular complexity index is 378. The van der Waals surface area contributed by atoms with E-state index in [0.717, 1.165) is 4.90 Å². The molecule has 1 aromatic carbocycles. The van der Waals surface area contributed by atoms with Crippen molar-refractivity contribution in [2.45, 2.75) is 12.7 Å². The second-order valence-electron chi connectivity index (χ2n) is 3.94. The lowest BCUT2D eigenvalue weighted by atomic mass is 10.2. The molecule has 18 heavy (non-hydrogen) atoms. The lowest BCUT2D eigenvalue weighted by molar-refractivity contribution is -0.147. The van der Waals surface area contributed by atoms with Gasteiger partial charge in [0.25, 0.3) is 0 Å². The number of aliphatic hydroxyl groups is 1. The molecule has 0 aromatic heterocycles. The van der Waals surface area contributed by atoms with Gasteiger partial charge in [-0.05, 0) is 23.8 Å². The molecule has 0 aliphatic rings. The average Bonchev–Trinajstić information content (AvgIpc) is 2.12. The molecule has 0 bridgehead atoms. The van der Waals surface area contributed by atoms with Gasteiger partial charge in [0.2, 0.25) is 0 Å². The minimum Gasteiger partial charge on any atom is -0.399 e. The highest BCUT2D eigenvalue weighted by Gasteiger charge is 2.30. The first-order chi connectivity index (χ1) is 8.30. The number of benzene rings is 1. The number of nitrogens with zero attached hydrogens (tertiary/aromatic N) is 1. The summed E-state index contributed by atoms with van der Waals surface area (Å²) in [4.78, 5) is 1.13. The maximum atomic E-state index is 12.3. The Balaban J connectivity index is 2.76. The van der Waals surface area contributed by atoms with Crippen LogP contribution in [-0.4, -0.2) is 35.9 Å².